The maximum atomic E-state index is 4.21. The van der Waals surface area contributed by atoms with Crippen molar-refractivity contribution in [1.29, 1.82) is 0 Å². The summed E-state index contributed by atoms with van der Waals surface area (Å²) in [6.45, 7) is 0. The summed E-state index contributed by atoms with van der Waals surface area (Å²) in [5.41, 5.74) is 3.12. The fraction of sp³-hybridized carbons (Fsp3) is 0.200. The van der Waals surface area contributed by atoms with Gasteiger partial charge in [0.05, 0.1) is 11.0 Å². The highest BCUT2D eigenvalue weighted by Crippen LogP contribution is 2.12. The van der Waals surface area contributed by atoms with Gasteiger partial charge in [-0.2, -0.15) is 0 Å². The Labute approximate surface area is 86.2 Å². The second-order valence-corrected chi connectivity index (χ2v) is 3.07. The van der Waals surface area contributed by atoms with E-state index in [1.54, 1.807) is 12.4 Å². The van der Waals surface area contributed by atoms with E-state index in [1.165, 1.54) is 5.56 Å². The zero-order valence-corrected chi connectivity index (χ0v) is 7.95. The molecule has 0 bridgehead atoms. The van der Waals surface area contributed by atoms with E-state index in [0.717, 1.165) is 16.4 Å². The number of alkyl halides is 1. The van der Waals surface area contributed by atoms with Gasteiger partial charge in [0.2, 0.25) is 0 Å². The molecule has 1 aromatic heterocycles. The first-order valence-electron chi connectivity index (χ1n) is 3.66. The van der Waals surface area contributed by atoms with E-state index in [1.807, 2.05) is 18.2 Å². The second-order valence-electron chi connectivity index (χ2n) is 2.51. The highest BCUT2D eigenvalue weighted by atomic mass is 79.9. The van der Waals surface area contributed by atoms with Gasteiger partial charge in [0.1, 0.15) is 0 Å². The number of hydrogen-bond acceptors (Lipinski definition) is 2. The maximum Gasteiger partial charge on any atom is 0.0889 e. The first-order chi connectivity index (χ1) is 5.90. The second kappa shape index (κ2) is 4.33. The molecule has 2 nitrogen and oxygen atoms in total. The predicted molar refractivity (Wildman–Crippen MR) is 58.9 cm³/mol. The Morgan fingerprint density at radius 2 is 1.77 bits per heavy atom. The average molecular weight is 239 g/mol. The van der Waals surface area contributed by atoms with Gasteiger partial charge < -0.3 is 0 Å². The Balaban J connectivity index is 0.000000845. The van der Waals surface area contributed by atoms with Crippen molar-refractivity contribution in [1.82, 2.24) is 9.97 Å². The van der Waals surface area contributed by atoms with Crippen LogP contribution < -0.4 is 0 Å². The summed E-state index contributed by atoms with van der Waals surface area (Å²) in [6, 6.07) is 6.07. The molecule has 0 fully saturated rings. The molecule has 0 aliphatic heterocycles. The molecule has 0 spiro atoms. The molecule has 0 unspecified atom stereocenters. The normalized spacial score (nSPS) is 9.62. The van der Waals surface area contributed by atoms with E-state index in [0.29, 0.717) is 0 Å². The van der Waals surface area contributed by atoms with Crippen LogP contribution in [0.5, 0.6) is 0 Å². The van der Waals surface area contributed by atoms with Gasteiger partial charge >= 0.3 is 0 Å². The first-order valence-corrected chi connectivity index (χ1v) is 4.78. The standard InChI is InChI=1S/C9H7BrN2.CH4/c10-6-7-1-2-8-9(5-7)12-4-3-11-8;/h1-5H,6H2;1H4. The van der Waals surface area contributed by atoms with E-state index in [9.17, 15) is 0 Å². The molecule has 1 heterocycles. The number of nitrogens with zero attached hydrogens (tertiary/aromatic N) is 2. The fourth-order valence-electron chi connectivity index (χ4n) is 1.09. The van der Waals surface area contributed by atoms with E-state index >= 15 is 0 Å². The zero-order chi connectivity index (χ0) is 8.39. The van der Waals surface area contributed by atoms with Crippen molar-refractivity contribution < 1.29 is 0 Å². The number of aromatic nitrogens is 2. The van der Waals surface area contributed by atoms with Crippen molar-refractivity contribution in [2.45, 2.75) is 12.8 Å². The van der Waals surface area contributed by atoms with Crippen LogP contribution in [0.3, 0.4) is 0 Å². The monoisotopic (exact) mass is 238 g/mol. The summed E-state index contributed by atoms with van der Waals surface area (Å²) in [7, 11) is 0. The lowest BCUT2D eigenvalue weighted by atomic mass is 10.2. The van der Waals surface area contributed by atoms with E-state index in [4.69, 9.17) is 0 Å². The van der Waals surface area contributed by atoms with Gasteiger partial charge in [-0.15, -0.1) is 0 Å². The Morgan fingerprint density at radius 3 is 2.46 bits per heavy atom. The molecule has 0 aliphatic rings. The highest BCUT2D eigenvalue weighted by molar-refractivity contribution is 9.08. The molecule has 13 heavy (non-hydrogen) atoms. The lowest BCUT2D eigenvalue weighted by Gasteiger charge is -1.97. The molecule has 0 amide bonds. The van der Waals surface area contributed by atoms with Crippen molar-refractivity contribution in [2.75, 3.05) is 0 Å². The Morgan fingerprint density at radius 1 is 1.08 bits per heavy atom. The number of hydrogen-bond donors (Lipinski definition) is 0. The molecule has 0 saturated carbocycles. The van der Waals surface area contributed by atoms with E-state index < -0.39 is 0 Å². The number of halogens is 1. The van der Waals surface area contributed by atoms with Gasteiger partial charge in [-0.1, -0.05) is 29.4 Å². The molecule has 2 aromatic rings. The van der Waals surface area contributed by atoms with Crippen LogP contribution >= 0.6 is 15.9 Å². The molecule has 0 aliphatic carbocycles. The molecule has 68 valence electrons. The third kappa shape index (κ3) is 2.04. The van der Waals surface area contributed by atoms with E-state index in [2.05, 4.69) is 25.9 Å². The van der Waals surface area contributed by atoms with Gasteiger partial charge in [-0.25, -0.2) is 0 Å². The Kier molecular flexibility index (Phi) is 3.37. The summed E-state index contributed by atoms with van der Waals surface area (Å²) < 4.78 is 0. The third-order valence-corrected chi connectivity index (χ3v) is 2.34. The molecule has 2 rings (SSSR count). The smallest absolute Gasteiger partial charge is 0.0889 e. The van der Waals surface area contributed by atoms with Gasteiger partial charge in [-0.05, 0) is 17.7 Å². The van der Waals surface area contributed by atoms with Crippen molar-refractivity contribution in [3.63, 3.8) is 0 Å². The lowest BCUT2D eigenvalue weighted by molar-refractivity contribution is 1.28. The van der Waals surface area contributed by atoms with Gasteiger partial charge in [-0.3, -0.25) is 9.97 Å². The van der Waals surface area contributed by atoms with Gasteiger partial charge in [0.15, 0.2) is 0 Å². The topological polar surface area (TPSA) is 25.8 Å². The molecular weight excluding hydrogens is 228 g/mol. The molecule has 0 atom stereocenters. The van der Waals surface area contributed by atoms with Crippen LogP contribution in [0.1, 0.15) is 13.0 Å². The lowest BCUT2D eigenvalue weighted by Crippen LogP contribution is -1.83. The van der Waals surface area contributed by atoms with Crippen LogP contribution in [0.25, 0.3) is 11.0 Å². The third-order valence-electron chi connectivity index (χ3n) is 1.69. The van der Waals surface area contributed by atoms with Crippen LogP contribution in [-0.2, 0) is 5.33 Å². The minimum absolute atomic E-state index is 0. The molecule has 1 aromatic carbocycles. The van der Waals surface area contributed by atoms with E-state index in [-0.39, 0.29) is 7.43 Å². The average Bonchev–Trinajstić information content (AvgIpc) is 2.17. The van der Waals surface area contributed by atoms with Crippen LogP contribution in [0.15, 0.2) is 30.6 Å². The van der Waals surface area contributed by atoms with Crippen molar-refractivity contribution in [3.8, 4) is 0 Å². The quantitative estimate of drug-likeness (QED) is 0.714. The fourth-order valence-corrected chi connectivity index (χ4v) is 1.44. The number of benzene rings is 1. The predicted octanol–water partition coefficient (Wildman–Crippen LogP) is 3.16. The number of fused-ring (bicyclic) bond motifs is 1. The molecule has 3 heteroatoms. The van der Waals surface area contributed by atoms with Crippen molar-refractivity contribution in [2.24, 2.45) is 0 Å². The van der Waals surface area contributed by atoms with Crippen LogP contribution in [-0.4, -0.2) is 9.97 Å². The van der Waals surface area contributed by atoms with Gasteiger partial charge in [0.25, 0.3) is 0 Å². The number of rotatable bonds is 1. The summed E-state index contributed by atoms with van der Waals surface area (Å²) in [5, 5.41) is 0.861. The van der Waals surface area contributed by atoms with Crippen molar-refractivity contribution >= 4 is 27.0 Å². The minimum atomic E-state index is 0. The molecule has 0 radical (unpaired) electrons. The molecule has 0 N–H and O–H groups in total. The largest absolute Gasteiger partial charge is 0.253 e. The summed E-state index contributed by atoms with van der Waals surface area (Å²) >= 11 is 3.40. The molecular formula is C10H11BrN2. The first kappa shape index (κ1) is 10.1. The Bertz CT molecular complexity index is 401. The summed E-state index contributed by atoms with van der Waals surface area (Å²) in [6.07, 6.45) is 3.41. The Hall–Kier alpha value is -0.960. The van der Waals surface area contributed by atoms with Crippen LogP contribution in [0, 0.1) is 0 Å². The SMILES string of the molecule is BrCc1ccc2nccnc2c1.C. The van der Waals surface area contributed by atoms with Crippen molar-refractivity contribution in [3.05, 3.63) is 36.2 Å². The molecule has 0 saturated heterocycles. The van der Waals surface area contributed by atoms with Crippen LogP contribution in [0.4, 0.5) is 0 Å². The zero-order valence-electron chi connectivity index (χ0n) is 6.37. The minimum Gasteiger partial charge on any atom is -0.253 e. The maximum absolute atomic E-state index is 4.21. The van der Waals surface area contributed by atoms with Gasteiger partial charge in [0, 0.05) is 17.7 Å². The van der Waals surface area contributed by atoms with Crippen LogP contribution in [0.2, 0.25) is 0 Å². The summed E-state index contributed by atoms with van der Waals surface area (Å²) in [4.78, 5) is 8.39. The highest BCUT2D eigenvalue weighted by Gasteiger charge is 1.95. The summed E-state index contributed by atoms with van der Waals surface area (Å²) in [5.74, 6) is 0.